The average Bonchev–Trinajstić information content (AvgIpc) is 3.02. The summed E-state index contributed by atoms with van der Waals surface area (Å²) in [5.74, 6) is -0.868. The molecule has 1 fully saturated rings. The molecule has 1 aromatic heterocycles. The number of nitrogens with one attached hydrogen (secondary N) is 1. The van der Waals surface area contributed by atoms with Crippen molar-refractivity contribution in [3.8, 4) is 0 Å². The van der Waals surface area contributed by atoms with Crippen molar-refractivity contribution in [2.75, 3.05) is 25.2 Å². The van der Waals surface area contributed by atoms with Gasteiger partial charge in [-0.2, -0.15) is 0 Å². The molecule has 0 spiro atoms. The van der Waals surface area contributed by atoms with Crippen LogP contribution in [0.3, 0.4) is 0 Å². The monoisotopic (exact) mass is 353 g/mol. The van der Waals surface area contributed by atoms with Crippen molar-refractivity contribution in [3.05, 3.63) is 16.3 Å². The Morgan fingerprint density at radius 1 is 1.52 bits per heavy atom. The van der Waals surface area contributed by atoms with E-state index in [2.05, 4.69) is 9.46 Å². The molecule has 1 aliphatic rings. The number of carbonyl (C=O) groups excluding carboxylic acids is 1. The SMILES string of the molecule is COC(=O)c1sccc1S(=O)(=O)NC[C@H]1CCS(=O)(=O)C1. The van der Waals surface area contributed by atoms with E-state index in [1.54, 1.807) is 0 Å². The third-order valence-corrected chi connectivity index (χ3v) is 7.50. The molecule has 1 atom stereocenters. The van der Waals surface area contributed by atoms with Gasteiger partial charge in [0.15, 0.2) is 9.84 Å². The molecule has 21 heavy (non-hydrogen) atoms. The van der Waals surface area contributed by atoms with Crippen LogP contribution in [0.25, 0.3) is 0 Å². The Morgan fingerprint density at radius 2 is 2.24 bits per heavy atom. The van der Waals surface area contributed by atoms with Crippen molar-refractivity contribution in [1.82, 2.24) is 4.72 Å². The van der Waals surface area contributed by atoms with E-state index >= 15 is 0 Å². The van der Waals surface area contributed by atoms with Gasteiger partial charge < -0.3 is 4.74 Å². The van der Waals surface area contributed by atoms with Gasteiger partial charge in [-0.1, -0.05) is 0 Å². The van der Waals surface area contributed by atoms with Crippen LogP contribution in [0, 0.1) is 5.92 Å². The minimum Gasteiger partial charge on any atom is -0.465 e. The Hall–Kier alpha value is -0.970. The molecule has 0 aromatic carbocycles. The quantitative estimate of drug-likeness (QED) is 0.761. The third-order valence-electron chi connectivity index (χ3n) is 3.18. The normalized spacial score (nSPS) is 21.3. The van der Waals surface area contributed by atoms with Crippen molar-refractivity contribution in [2.24, 2.45) is 5.92 Å². The largest absolute Gasteiger partial charge is 0.465 e. The molecule has 10 heteroatoms. The molecule has 0 saturated carbocycles. The summed E-state index contributed by atoms with van der Waals surface area (Å²) < 4.78 is 54.0. The molecule has 2 rings (SSSR count). The fourth-order valence-corrected chi connectivity index (χ4v) is 6.40. The molecular formula is C11H15NO6S3. The van der Waals surface area contributed by atoms with Crippen LogP contribution in [0.5, 0.6) is 0 Å². The maximum absolute atomic E-state index is 12.2. The second-order valence-electron chi connectivity index (χ2n) is 4.73. The number of rotatable bonds is 5. The first-order valence-electron chi connectivity index (χ1n) is 6.11. The number of hydrogen-bond acceptors (Lipinski definition) is 7. The molecule has 118 valence electrons. The number of sulfone groups is 1. The van der Waals surface area contributed by atoms with Crippen molar-refractivity contribution in [2.45, 2.75) is 11.3 Å². The Bertz CT molecular complexity index is 734. The lowest BCUT2D eigenvalue weighted by Gasteiger charge is -2.10. The van der Waals surface area contributed by atoms with E-state index in [1.807, 2.05) is 0 Å². The zero-order valence-corrected chi connectivity index (χ0v) is 13.7. The van der Waals surface area contributed by atoms with Gasteiger partial charge >= 0.3 is 5.97 Å². The van der Waals surface area contributed by atoms with Crippen molar-refractivity contribution < 1.29 is 26.4 Å². The van der Waals surface area contributed by atoms with Crippen LogP contribution < -0.4 is 4.72 Å². The summed E-state index contributed by atoms with van der Waals surface area (Å²) >= 11 is 0.977. The fourth-order valence-electron chi connectivity index (χ4n) is 2.09. The molecular weight excluding hydrogens is 338 g/mol. The van der Waals surface area contributed by atoms with Gasteiger partial charge in [-0.15, -0.1) is 11.3 Å². The summed E-state index contributed by atoms with van der Waals surface area (Å²) in [7, 11) is -5.74. The molecule has 1 aliphatic heterocycles. The number of sulfonamides is 1. The predicted octanol–water partition coefficient (Wildman–Crippen LogP) is 0.248. The van der Waals surface area contributed by atoms with Gasteiger partial charge in [0.1, 0.15) is 9.77 Å². The lowest BCUT2D eigenvalue weighted by atomic mass is 10.1. The van der Waals surface area contributed by atoms with Crippen LogP contribution in [0.4, 0.5) is 0 Å². The molecule has 0 aliphatic carbocycles. The fraction of sp³-hybridized carbons (Fsp3) is 0.545. The van der Waals surface area contributed by atoms with Crippen molar-refractivity contribution >= 4 is 37.2 Å². The van der Waals surface area contributed by atoms with Gasteiger partial charge in [0.25, 0.3) is 0 Å². The third kappa shape index (κ3) is 3.82. The molecule has 7 nitrogen and oxygen atoms in total. The second kappa shape index (κ2) is 6.03. The summed E-state index contributed by atoms with van der Waals surface area (Å²) in [5, 5.41) is 1.49. The van der Waals surface area contributed by atoms with E-state index < -0.39 is 25.8 Å². The number of ether oxygens (including phenoxy) is 1. The van der Waals surface area contributed by atoms with E-state index in [1.165, 1.54) is 18.6 Å². The molecule has 0 bridgehead atoms. The molecule has 0 amide bonds. The van der Waals surface area contributed by atoms with E-state index in [9.17, 15) is 21.6 Å². The van der Waals surface area contributed by atoms with Gasteiger partial charge in [-0.3, -0.25) is 0 Å². The van der Waals surface area contributed by atoms with Crippen LogP contribution in [0.2, 0.25) is 0 Å². The lowest BCUT2D eigenvalue weighted by Crippen LogP contribution is -2.30. The summed E-state index contributed by atoms with van der Waals surface area (Å²) in [6, 6.07) is 1.32. The first-order valence-corrected chi connectivity index (χ1v) is 10.3. The smallest absolute Gasteiger partial charge is 0.349 e. The Labute approximate surface area is 127 Å². The van der Waals surface area contributed by atoms with Crippen LogP contribution in [-0.2, 0) is 24.6 Å². The minimum absolute atomic E-state index is 0.00374. The number of methoxy groups -OCH3 is 1. The van der Waals surface area contributed by atoms with Gasteiger partial charge in [-0.05, 0) is 23.8 Å². The van der Waals surface area contributed by atoms with Crippen LogP contribution in [0.15, 0.2) is 16.3 Å². The average molecular weight is 353 g/mol. The Kier molecular flexibility index (Phi) is 4.71. The number of esters is 1. The van der Waals surface area contributed by atoms with E-state index in [0.717, 1.165) is 11.3 Å². The molecule has 1 saturated heterocycles. The first-order chi connectivity index (χ1) is 9.75. The maximum atomic E-state index is 12.2. The highest BCUT2D eigenvalue weighted by Crippen LogP contribution is 2.23. The van der Waals surface area contributed by atoms with Crippen LogP contribution in [-0.4, -0.2) is 48.0 Å². The standard InChI is InChI=1S/C11H15NO6S3/c1-18-11(13)10-9(2-4-19-10)21(16,17)12-6-8-3-5-20(14,15)7-8/h2,4,8,12H,3,5-7H2,1H3/t8-/m1/s1. The van der Waals surface area contributed by atoms with Gasteiger partial charge in [0, 0.05) is 6.54 Å². The lowest BCUT2D eigenvalue weighted by molar-refractivity contribution is 0.0602. The van der Waals surface area contributed by atoms with Crippen molar-refractivity contribution in [1.29, 1.82) is 0 Å². The second-order valence-corrected chi connectivity index (χ2v) is 9.61. The molecule has 2 heterocycles. The van der Waals surface area contributed by atoms with E-state index in [4.69, 9.17) is 0 Å². The molecule has 1 aromatic rings. The number of carbonyl (C=O) groups is 1. The van der Waals surface area contributed by atoms with E-state index in [0.29, 0.717) is 6.42 Å². The van der Waals surface area contributed by atoms with Gasteiger partial charge in [0.05, 0.1) is 18.6 Å². The zero-order valence-electron chi connectivity index (χ0n) is 11.2. The maximum Gasteiger partial charge on any atom is 0.349 e. The Morgan fingerprint density at radius 3 is 2.81 bits per heavy atom. The highest BCUT2D eigenvalue weighted by atomic mass is 32.2. The number of hydrogen-bond donors (Lipinski definition) is 1. The van der Waals surface area contributed by atoms with Crippen molar-refractivity contribution in [3.63, 3.8) is 0 Å². The summed E-state index contributed by atoms with van der Waals surface area (Å²) in [5.41, 5.74) is 0. The summed E-state index contributed by atoms with van der Waals surface area (Å²) in [6.45, 7) is 0.0397. The Balaban J connectivity index is 2.09. The molecule has 0 unspecified atom stereocenters. The van der Waals surface area contributed by atoms with Gasteiger partial charge in [0.2, 0.25) is 10.0 Å². The summed E-state index contributed by atoms with van der Waals surface area (Å²) in [6.07, 6.45) is 0.443. The molecule has 1 N–H and O–H groups in total. The van der Waals surface area contributed by atoms with Gasteiger partial charge in [-0.25, -0.2) is 26.4 Å². The topological polar surface area (TPSA) is 107 Å². The van der Waals surface area contributed by atoms with Crippen LogP contribution in [0.1, 0.15) is 16.1 Å². The number of thiophene rings is 1. The minimum atomic E-state index is -3.86. The summed E-state index contributed by atoms with van der Waals surface area (Å²) in [4.78, 5) is 11.4. The predicted molar refractivity (Wildman–Crippen MR) is 77.6 cm³/mol. The molecule has 0 radical (unpaired) electrons. The zero-order chi connectivity index (χ0) is 15.7. The van der Waals surface area contributed by atoms with E-state index in [-0.39, 0.29) is 33.7 Å². The highest BCUT2D eigenvalue weighted by molar-refractivity contribution is 7.91. The highest BCUT2D eigenvalue weighted by Gasteiger charge is 2.30. The first kappa shape index (κ1) is 16.4. The van der Waals surface area contributed by atoms with Crippen LogP contribution >= 0.6 is 11.3 Å².